The smallest absolute Gasteiger partial charge is 0.402 e. The molecular formula is C10H17N4O5P. The minimum atomic E-state index is -3.80. The first-order chi connectivity index (χ1) is 9.43. The van der Waals surface area contributed by atoms with E-state index in [1.165, 1.54) is 6.20 Å². The van der Waals surface area contributed by atoms with Gasteiger partial charge in [-0.2, -0.15) is 0 Å². The molecule has 20 heavy (non-hydrogen) atoms. The van der Waals surface area contributed by atoms with Crippen LogP contribution in [0.25, 0.3) is 0 Å². The zero-order valence-corrected chi connectivity index (χ0v) is 11.8. The van der Waals surface area contributed by atoms with Crippen molar-refractivity contribution in [3.63, 3.8) is 0 Å². The van der Waals surface area contributed by atoms with Gasteiger partial charge in [-0.25, -0.2) is 19.4 Å². The van der Waals surface area contributed by atoms with Gasteiger partial charge in [-0.1, -0.05) is 0 Å². The largest absolute Gasteiger partial charge is 0.476 e. The van der Waals surface area contributed by atoms with Crippen LogP contribution in [0.4, 0.5) is 5.95 Å². The lowest BCUT2D eigenvalue weighted by atomic mass is 10.2. The molecule has 9 nitrogen and oxygen atoms in total. The molecule has 1 aromatic rings. The molecule has 1 aliphatic rings. The van der Waals surface area contributed by atoms with Crippen molar-refractivity contribution in [2.45, 2.75) is 19.4 Å². The van der Waals surface area contributed by atoms with Crippen LogP contribution in [-0.4, -0.2) is 45.2 Å². The van der Waals surface area contributed by atoms with Crippen molar-refractivity contribution < 1.29 is 23.9 Å². The van der Waals surface area contributed by atoms with Gasteiger partial charge < -0.3 is 19.9 Å². The van der Waals surface area contributed by atoms with E-state index in [1.807, 2.05) is 0 Å². The summed E-state index contributed by atoms with van der Waals surface area (Å²) < 4.78 is 17.9. The fourth-order valence-corrected chi connectivity index (χ4v) is 2.92. The van der Waals surface area contributed by atoms with Gasteiger partial charge in [0.05, 0.1) is 12.6 Å². The molecule has 0 spiro atoms. The van der Waals surface area contributed by atoms with Gasteiger partial charge in [0, 0.05) is 19.3 Å². The van der Waals surface area contributed by atoms with Crippen molar-refractivity contribution in [2.75, 3.05) is 25.0 Å². The van der Waals surface area contributed by atoms with Crippen LogP contribution in [0.1, 0.15) is 29.9 Å². The molecule has 2 atom stereocenters. The summed E-state index contributed by atoms with van der Waals surface area (Å²) in [6.07, 6.45) is 2.10. The lowest BCUT2D eigenvalue weighted by Crippen LogP contribution is -2.30. The average Bonchev–Trinajstić information content (AvgIpc) is 2.80. The molecule has 10 heteroatoms. The Bertz CT molecular complexity index is 546. The summed E-state index contributed by atoms with van der Waals surface area (Å²) in [7, 11) is -3.80. The molecule has 0 bridgehead atoms. The van der Waals surface area contributed by atoms with E-state index in [0.717, 1.165) is 0 Å². The zero-order valence-electron chi connectivity index (χ0n) is 10.9. The number of carboxylic acids is 1. The lowest BCUT2D eigenvalue weighted by molar-refractivity contribution is 0.0691. The summed E-state index contributed by atoms with van der Waals surface area (Å²) in [4.78, 5) is 24.3. The van der Waals surface area contributed by atoms with Crippen molar-refractivity contribution in [1.29, 1.82) is 0 Å². The molecule has 0 fully saturated rings. The molecule has 2 unspecified atom stereocenters. The number of aromatic nitrogens is 2. The number of fused-ring (bicyclic) bond motifs is 1. The highest BCUT2D eigenvalue weighted by atomic mass is 31.2. The van der Waals surface area contributed by atoms with Crippen LogP contribution in [0.5, 0.6) is 0 Å². The summed E-state index contributed by atoms with van der Waals surface area (Å²) in [5.74, 6) is -0.660. The van der Waals surface area contributed by atoms with E-state index in [2.05, 4.69) is 15.4 Å². The third kappa shape index (κ3) is 3.37. The standard InChI is InChI=1S/C10H17N4O5P/c1-2-19-20(17,18)12-5-7-3-4-11-10-13-8(9(15)16)6-14(7)10/h6-7H,2-5H2,1H3,(H,11,13)(H,15,16)(H2,12,17,18). The van der Waals surface area contributed by atoms with Gasteiger partial charge in [-0.3, -0.25) is 4.52 Å². The quantitative estimate of drug-likeness (QED) is 0.565. The van der Waals surface area contributed by atoms with Crippen LogP contribution >= 0.6 is 7.75 Å². The Kier molecular flexibility index (Phi) is 4.44. The highest BCUT2D eigenvalue weighted by molar-refractivity contribution is 7.50. The monoisotopic (exact) mass is 304 g/mol. The highest BCUT2D eigenvalue weighted by Gasteiger charge is 2.26. The Labute approximate surface area is 115 Å². The van der Waals surface area contributed by atoms with E-state index in [-0.39, 0.29) is 24.9 Å². The molecule has 4 N–H and O–H groups in total. The Morgan fingerprint density at radius 1 is 1.75 bits per heavy atom. The Hall–Kier alpha value is -1.41. The van der Waals surface area contributed by atoms with Crippen molar-refractivity contribution >= 4 is 19.7 Å². The minimum Gasteiger partial charge on any atom is -0.476 e. The number of anilines is 1. The molecule has 2 heterocycles. The number of aromatic carboxylic acids is 1. The summed E-state index contributed by atoms with van der Waals surface area (Å²) in [6.45, 7) is 2.57. The van der Waals surface area contributed by atoms with Crippen LogP contribution in [0.2, 0.25) is 0 Å². The Morgan fingerprint density at radius 2 is 2.50 bits per heavy atom. The summed E-state index contributed by atoms with van der Waals surface area (Å²) in [6, 6.07) is -0.159. The summed E-state index contributed by atoms with van der Waals surface area (Å²) in [5, 5.41) is 14.4. The molecule has 1 aromatic heterocycles. The number of nitrogens with zero attached hydrogens (tertiary/aromatic N) is 2. The molecule has 0 saturated heterocycles. The average molecular weight is 304 g/mol. The molecule has 2 rings (SSSR count). The van der Waals surface area contributed by atoms with Gasteiger partial charge in [0.15, 0.2) is 5.69 Å². The highest BCUT2D eigenvalue weighted by Crippen LogP contribution is 2.37. The Balaban J connectivity index is 2.08. The number of hydrogen-bond acceptors (Lipinski definition) is 5. The SMILES string of the molecule is CCOP(=O)(O)NCC1CCNc2nc(C(=O)O)cn21. The van der Waals surface area contributed by atoms with Crippen LogP contribution < -0.4 is 10.4 Å². The third-order valence-corrected chi connectivity index (χ3v) is 4.13. The van der Waals surface area contributed by atoms with E-state index >= 15 is 0 Å². The van der Waals surface area contributed by atoms with Crippen LogP contribution in [-0.2, 0) is 9.09 Å². The second kappa shape index (κ2) is 5.92. The van der Waals surface area contributed by atoms with Gasteiger partial charge >= 0.3 is 13.7 Å². The van der Waals surface area contributed by atoms with Crippen molar-refractivity contribution in [3.8, 4) is 0 Å². The predicted molar refractivity (Wildman–Crippen MR) is 70.8 cm³/mol. The number of carbonyl (C=O) groups is 1. The molecule has 0 saturated carbocycles. The zero-order chi connectivity index (χ0) is 14.8. The maximum Gasteiger partial charge on any atom is 0.402 e. The third-order valence-electron chi connectivity index (χ3n) is 2.94. The molecule has 112 valence electrons. The number of imidazole rings is 1. The predicted octanol–water partition coefficient (Wildman–Crippen LogP) is 0.664. The first-order valence-electron chi connectivity index (χ1n) is 6.21. The maximum absolute atomic E-state index is 11.6. The topological polar surface area (TPSA) is 126 Å². The van der Waals surface area contributed by atoms with Gasteiger partial charge in [0.25, 0.3) is 0 Å². The molecule has 0 aromatic carbocycles. The van der Waals surface area contributed by atoms with Gasteiger partial charge in [-0.15, -0.1) is 0 Å². The van der Waals surface area contributed by atoms with Crippen molar-refractivity contribution in [2.24, 2.45) is 0 Å². The molecule has 0 aliphatic carbocycles. The van der Waals surface area contributed by atoms with Gasteiger partial charge in [0.2, 0.25) is 5.95 Å². The number of carboxylic acid groups (broad SMARTS) is 1. The van der Waals surface area contributed by atoms with Crippen molar-refractivity contribution in [1.82, 2.24) is 14.6 Å². The molecule has 0 radical (unpaired) electrons. The van der Waals surface area contributed by atoms with Gasteiger partial charge in [0.1, 0.15) is 0 Å². The number of hydrogen-bond donors (Lipinski definition) is 4. The molecular weight excluding hydrogens is 287 g/mol. The van der Waals surface area contributed by atoms with E-state index in [0.29, 0.717) is 18.9 Å². The van der Waals surface area contributed by atoms with E-state index in [1.54, 1.807) is 11.5 Å². The van der Waals surface area contributed by atoms with Gasteiger partial charge in [-0.05, 0) is 13.3 Å². The minimum absolute atomic E-state index is 0.0589. The summed E-state index contributed by atoms with van der Waals surface area (Å²) in [5.41, 5.74) is -0.0589. The number of rotatable bonds is 6. The normalized spacial score (nSPS) is 20.8. The molecule has 0 amide bonds. The van der Waals surface area contributed by atoms with Crippen molar-refractivity contribution in [3.05, 3.63) is 11.9 Å². The maximum atomic E-state index is 11.6. The fraction of sp³-hybridized carbons (Fsp3) is 0.600. The summed E-state index contributed by atoms with van der Waals surface area (Å²) >= 11 is 0. The molecule has 1 aliphatic heterocycles. The second-order valence-corrected chi connectivity index (χ2v) is 5.95. The number of nitrogens with one attached hydrogen (secondary N) is 2. The van der Waals surface area contributed by atoms with E-state index in [9.17, 15) is 14.3 Å². The van der Waals surface area contributed by atoms with Crippen LogP contribution in [0, 0.1) is 0 Å². The van der Waals surface area contributed by atoms with E-state index < -0.39 is 13.7 Å². The van der Waals surface area contributed by atoms with Crippen LogP contribution in [0.3, 0.4) is 0 Å². The van der Waals surface area contributed by atoms with Crippen LogP contribution in [0.15, 0.2) is 6.20 Å². The lowest BCUT2D eigenvalue weighted by Gasteiger charge is -2.26. The van der Waals surface area contributed by atoms with E-state index in [4.69, 9.17) is 9.63 Å². The first kappa shape index (κ1) is 15.0. The fourth-order valence-electron chi connectivity index (χ4n) is 2.04. The second-order valence-electron chi connectivity index (χ2n) is 4.33. The first-order valence-corrected chi connectivity index (χ1v) is 7.79. The Morgan fingerprint density at radius 3 is 3.15 bits per heavy atom.